The van der Waals surface area contributed by atoms with Crippen LogP contribution in [0.15, 0.2) is 36.4 Å². The van der Waals surface area contributed by atoms with Crippen molar-refractivity contribution in [3.05, 3.63) is 47.8 Å². The molecule has 5 nitrogen and oxygen atoms in total. The zero-order valence-corrected chi connectivity index (χ0v) is 11.7. The highest BCUT2D eigenvalue weighted by molar-refractivity contribution is 5.96. The molecule has 0 radical (unpaired) electrons. The monoisotopic (exact) mass is 289 g/mol. The van der Waals surface area contributed by atoms with Crippen molar-refractivity contribution < 1.29 is 13.9 Å². The molecule has 2 aromatic rings. The standard InChI is InChI=1S/C15H16FN3O2/c1-18-15(20)9-3-6-12(17)14(7-9)19-13-8-10(21-2)4-5-11(13)16/h3-8,19H,17H2,1-2H3,(H,18,20). The van der Waals surface area contributed by atoms with Gasteiger partial charge in [-0.05, 0) is 30.3 Å². The predicted molar refractivity (Wildman–Crippen MR) is 80.5 cm³/mol. The molecule has 0 unspecified atom stereocenters. The van der Waals surface area contributed by atoms with Crippen LogP contribution in [-0.4, -0.2) is 20.1 Å². The van der Waals surface area contributed by atoms with Crippen molar-refractivity contribution in [2.75, 3.05) is 25.2 Å². The van der Waals surface area contributed by atoms with Crippen LogP contribution in [0.1, 0.15) is 10.4 Å². The number of halogens is 1. The summed E-state index contributed by atoms with van der Waals surface area (Å²) in [6.45, 7) is 0. The SMILES string of the molecule is CNC(=O)c1ccc(N)c(Nc2cc(OC)ccc2F)c1. The van der Waals surface area contributed by atoms with Crippen LogP contribution in [0.4, 0.5) is 21.5 Å². The lowest BCUT2D eigenvalue weighted by Crippen LogP contribution is -2.18. The number of benzene rings is 2. The van der Waals surface area contributed by atoms with E-state index in [2.05, 4.69) is 10.6 Å². The molecule has 0 aromatic heterocycles. The number of nitrogen functional groups attached to an aromatic ring is 1. The summed E-state index contributed by atoms with van der Waals surface area (Å²) in [5.41, 5.74) is 7.35. The number of carbonyl (C=O) groups excluding carboxylic acids is 1. The predicted octanol–water partition coefficient (Wildman–Crippen LogP) is 2.52. The Bertz CT molecular complexity index is 674. The van der Waals surface area contributed by atoms with Gasteiger partial charge in [-0.1, -0.05) is 0 Å². The van der Waals surface area contributed by atoms with Gasteiger partial charge in [0.25, 0.3) is 5.91 Å². The highest BCUT2D eigenvalue weighted by Crippen LogP contribution is 2.28. The summed E-state index contributed by atoms with van der Waals surface area (Å²) >= 11 is 0. The van der Waals surface area contributed by atoms with Gasteiger partial charge in [0.05, 0.1) is 24.2 Å². The van der Waals surface area contributed by atoms with Gasteiger partial charge < -0.3 is 21.1 Å². The van der Waals surface area contributed by atoms with Crippen LogP contribution in [0.2, 0.25) is 0 Å². The molecule has 4 N–H and O–H groups in total. The van der Waals surface area contributed by atoms with Crippen molar-refractivity contribution in [3.63, 3.8) is 0 Å². The quantitative estimate of drug-likeness (QED) is 0.756. The third-order valence-corrected chi connectivity index (χ3v) is 2.99. The third-order valence-electron chi connectivity index (χ3n) is 2.99. The van der Waals surface area contributed by atoms with Crippen molar-refractivity contribution in [2.24, 2.45) is 0 Å². The van der Waals surface area contributed by atoms with Gasteiger partial charge in [0.1, 0.15) is 11.6 Å². The molecule has 0 aliphatic rings. The highest BCUT2D eigenvalue weighted by atomic mass is 19.1. The molecule has 0 saturated heterocycles. The number of carbonyl (C=O) groups is 1. The number of nitrogens with two attached hydrogens (primary N) is 1. The number of nitrogens with one attached hydrogen (secondary N) is 2. The van der Waals surface area contributed by atoms with Crippen molar-refractivity contribution in [3.8, 4) is 5.75 Å². The van der Waals surface area contributed by atoms with Gasteiger partial charge in [-0.25, -0.2) is 4.39 Å². The number of hydrogen-bond donors (Lipinski definition) is 3. The van der Waals surface area contributed by atoms with E-state index in [1.807, 2.05) is 0 Å². The Morgan fingerprint density at radius 3 is 2.62 bits per heavy atom. The zero-order valence-electron chi connectivity index (χ0n) is 11.7. The van der Waals surface area contributed by atoms with Crippen LogP contribution in [0.5, 0.6) is 5.75 Å². The molecule has 2 aromatic carbocycles. The number of rotatable bonds is 4. The number of anilines is 3. The summed E-state index contributed by atoms with van der Waals surface area (Å²) in [6, 6.07) is 9.07. The summed E-state index contributed by atoms with van der Waals surface area (Å²) in [4.78, 5) is 11.6. The van der Waals surface area contributed by atoms with Crippen LogP contribution >= 0.6 is 0 Å². The fraction of sp³-hybridized carbons (Fsp3) is 0.133. The Morgan fingerprint density at radius 2 is 1.95 bits per heavy atom. The molecule has 0 fully saturated rings. The minimum Gasteiger partial charge on any atom is -0.497 e. The number of ether oxygens (including phenoxy) is 1. The molecular formula is C15H16FN3O2. The van der Waals surface area contributed by atoms with E-state index in [9.17, 15) is 9.18 Å². The molecule has 110 valence electrons. The zero-order chi connectivity index (χ0) is 15.4. The van der Waals surface area contributed by atoms with Crippen LogP contribution in [0, 0.1) is 5.82 Å². The van der Waals surface area contributed by atoms with Gasteiger partial charge in [0.15, 0.2) is 0 Å². The summed E-state index contributed by atoms with van der Waals surface area (Å²) < 4.78 is 18.9. The topological polar surface area (TPSA) is 76.4 Å². The molecular weight excluding hydrogens is 273 g/mol. The summed E-state index contributed by atoms with van der Waals surface area (Å²) in [7, 11) is 3.03. The molecule has 21 heavy (non-hydrogen) atoms. The van der Waals surface area contributed by atoms with Gasteiger partial charge in [-0.15, -0.1) is 0 Å². The van der Waals surface area contributed by atoms with Crippen LogP contribution in [0.25, 0.3) is 0 Å². The third kappa shape index (κ3) is 3.22. The normalized spacial score (nSPS) is 10.0. The van der Waals surface area contributed by atoms with Gasteiger partial charge in [0, 0.05) is 18.7 Å². The first-order valence-corrected chi connectivity index (χ1v) is 6.27. The Morgan fingerprint density at radius 1 is 1.19 bits per heavy atom. The fourth-order valence-corrected chi connectivity index (χ4v) is 1.82. The Balaban J connectivity index is 2.37. The number of methoxy groups -OCH3 is 1. The van der Waals surface area contributed by atoms with E-state index in [0.717, 1.165) is 0 Å². The summed E-state index contributed by atoms with van der Waals surface area (Å²) in [5, 5.41) is 5.39. The lowest BCUT2D eigenvalue weighted by molar-refractivity contribution is 0.0963. The molecule has 6 heteroatoms. The van der Waals surface area contributed by atoms with Gasteiger partial charge in [0.2, 0.25) is 0 Å². The average molecular weight is 289 g/mol. The van der Waals surface area contributed by atoms with Crippen molar-refractivity contribution in [1.29, 1.82) is 0 Å². The highest BCUT2D eigenvalue weighted by Gasteiger charge is 2.10. The molecule has 0 saturated carbocycles. The summed E-state index contributed by atoms with van der Waals surface area (Å²) in [5.74, 6) is -0.176. The smallest absolute Gasteiger partial charge is 0.251 e. The second kappa shape index (κ2) is 6.13. The van der Waals surface area contributed by atoms with E-state index < -0.39 is 5.82 Å². The minimum atomic E-state index is -0.444. The molecule has 0 heterocycles. The second-order valence-electron chi connectivity index (χ2n) is 4.35. The first kappa shape index (κ1) is 14.6. The van der Waals surface area contributed by atoms with Crippen LogP contribution in [0.3, 0.4) is 0 Å². The molecule has 2 rings (SSSR count). The number of amides is 1. The molecule has 0 atom stereocenters. The first-order chi connectivity index (χ1) is 10.0. The molecule has 0 spiro atoms. The molecule has 1 amide bonds. The average Bonchev–Trinajstić information content (AvgIpc) is 2.50. The number of hydrogen-bond acceptors (Lipinski definition) is 4. The maximum Gasteiger partial charge on any atom is 0.251 e. The maximum atomic E-state index is 13.8. The second-order valence-corrected chi connectivity index (χ2v) is 4.35. The van der Waals surface area contributed by atoms with E-state index in [-0.39, 0.29) is 11.6 Å². The van der Waals surface area contributed by atoms with Crippen LogP contribution < -0.4 is 21.1 Å². The lowest BCUT2D eigenvalue weighted by atomic mass is 10.1. The minimum absolute atomic E-state index is 0.218. The van der Waals surface area contributed by atoms with Gasteiger partial charge in [-0.3, -0.25) is 4.79 Å². The van der Waals surface area contributed by atoms with E-state index in [1.54, 1.807) is 18.2 Å². The van der Waals surface area contributed by atoms with E-state index in [4.69, 9.17) is 10.5 Å². The van der Waals surface area contributed by atoms with Crippen LogP contribution in [-0.2, 0) is 0 Å². The lowest BCUT2D eigenvalue weighted by Gasteiger charge is -2.12. The molecule has 0 aliphatic carbocycles. The fourth-order valence-electron chi connectivity index (χ4n) is 1.82. The Labute approximate surface area is 121 Å². The Kier molecular flexibility index (Phi) is 4.27. The largest absolute Gasteiger partial charge is 0.497 e. The van der Waals surface area contributed by atoms with Crippen molar-refractivity contribution in [2.45, 2.75) is 0 Å². The first-order valence-electron chi connectivity index (χ1n) is 6.27. The maximum absolute atomic E-state index is 13.8. The van der Waals surface area contributed by atoms with Gasteiger partial charge >= 0.3 is 0 Å². The molecule has 0 aliphatic heterocycles. The Hall–Kier alpha value is -2.76. The van der Waals surface area contributed by atoms with E-state index >= 15 is 0 Å². The van der Waals surface area contributed by atoms with E-state index in [0.29, 0.717) is 22.7 Å². The van der Waals surface area contributed by atoms with E-state index in [1.165, 1.54) is 32.4 Å². The van der Waals surface area contributed by atoms with Crippen molar-refractivity contribution in [1.82, 2.24) is 5.32 Å². The molecule has 0 bridgehead atoms. The summed E-state index contributed by atoms with van der Waals surface area (Å²) in [6.07, 6.45) is 0. The van der Waals surface area contributed by atoms with Gasteiger partial charge in [-0.2, -0.15) is 0 Å². The van der Waals surface area contributed by atoms with Crippen molar-refractivity contribution >= 4 is 23.0 Å².